The molecule has 2 fully saturated rings. The monoisotopic (exact) mass is 309 g/mol. The van der Waals surface area contributed by atoms with Gasteiger partial charge in [0.15, 0.2) is 0 Å². The summed E-state index contributed by atoms with van der Waals surface area (Å²) < 4.78 is 0. The van der Waals surface area contributed by atoms with Crippen molar-refractivity contribution < 1.29 is 9.90 Å². The molecule has 2 aromatic carbocycles. The van der Waals surface area contributed by atoms with Gasteiger partial charge in [0, 0.05) is 24.1 Å². The van der Waals surface area contributed by atoms with Crippen LogP contribution in [0.3, 0.4) is 0 Å². The Kier molecular flexibility index (Phi) is 3.08. The quantitative estimate of drug-likeness (QED) is 0.924. The minimum absolute atomic E-state index is 0.0796. The Morgan fingerprint density at radius 3 is 2.65 bits per heavy atom. The summed E-state index contributed by atoms with van der Waals surface area (Å²) in [6.45, 7) is 6.12. The molecule has 0 aromatic heterocycles. The Morgan fingerprint density at radius 1 is 1.22 bits per heavy atom. The van der Waals surface area contributed by atoms with Crippen LogP contribution in [0, 0.1) is 16.7 Å². The molecule has 1 aliphatic carbocycles. The smallest absolute Gasteiger partial charge is 0.254 e. The lowest BCUT2D eigenvalue weighted by atomic mass is 9.48. The molecule has 0 radical (unpaired) electrons. The number of carbonyl (C=O) groups excluding carboxylic acids is 1. The second-order valence-electron chi connectivity index (χ2n) is 7.95. The lowest BCUT2D eigenvalue weighted by molar-refractivity contribution is -0.0976. The van der Waals surface area contributed by atoms with Gasteiger partial charge in [-0.05, 0) is 34.6 Å². The number of hydrogen-bond donors (Lipinski definition) is 1. The molecule has 1 heterocycles. The highest BCUT2D eigenvalue weighted by Gasteiger charge is 2.63. The van der Waals surface area contributed by atoms with Crippen LogP contribution in [0.4, 0.5) is 0 Å². The number of aliphatic hydroxyl groups is 1. The average molecular weight is 309 g/mol. The molecule has 0 spiro atoms. The molecule has 1 saturated heterocycles. The number of likely N-dealkylation sites (tertiary alicyclic amines) is 1. The molecule has 3 nitrogen and oxygen atoms in total. The van der Waals surface area contributed by atoms with Crippen molar-refractivity contribution in [2.75, 3.05) is 19.7 Å². The van der Waals surface area contributed by atoms with Gasteiger partial charge in [0.1, 0.15) is 0 Å². The summed E-state index contributed by atoms with van der Waals surface area (Å²) in [7, 11) is 0. The molecule has 1 N–H and O–H groups in total. The number of aliphatic hydroxyl groups excluding tert-OH is 1. The Labute approximate surface area is 136 Å². The molecule has 1 aliphatic heterocycles. The first-order chi connectivity index (χ1) is 11.0. The summed E-state index contributed by atoms with van der Waals surface area (Å²) in [4.78, 5) is 15.0. The van der Waals surface area contributed by atoms with Gasteiger partial charge in [0.25, 0.3) is 5.91 Å². The van der Waals surface area contributed by atoms with Crippen LogP contribution < -0.4 is 0 Å². The first-order valence-corrected chi connectivity index (χ1v) is 8.35. The largest absolute Gasteiger partial charge is 0.396 e. The lowest BCUT2D eigenvalue weighted by Crippen LogP contribution is -2.54. The van der Waals surface area contributed by atoms with Crippen molar-refractivity contribution in [2.24, 2.45) is 16.7 Å². The third kappa shape index (κ3) is 2.03. The molecule has 1 saturated carbocycles. The van der Waals surface area contributed by atoms with E-state index in [2.05, 4.69) is 13.8 Å². The fourth-order valence-corrected chi connectivity index (χ4v) is 5.08. The Morgan fingerprint density at radius 2 is 1.96 bits per heavy atom. The van der Waals surface area contributed by atoms with Crippen LogP contribution in [0.5, 0.6) is 0 Å². The minimum Gasteiger partial charge on any atom is -0.396 e. The van der Waals surface area contributed by atoms with Crippen LogP contribution in [-0.4, -0.2) is 35.6 Å². The normalized spacial score (nSPS) is 28.5. The van der Waals surface area contributed by atoms with Gasteiger partial charge in [-0.25, -0.2) is 0 Å². The van der Waals surface area contributed by atoms with Crippen molar-refractivity contribution in [3.8, 4) is 0 Å². The predicted octanol–water partition coefficient (Wildman–Crippen LogP) is 3.32. The fourth-order valence-electron chi connectivity index (χ4n) is 5.08. The van der Waals surface area contributed by atoms with E-state index in [1.54, 1.807) is 0 Å². The maximum Gasteiger partial charge on any atom is 0.254 e. The molecule has 0 unspecified atom stereocenters. The minimum atomic E-state index is -0.0796. The maximum absolute atomic E-state index is 13.1. The molecule has 2 aliphatic rings. The molecular formula is C20H23NO2. The first-order valence-electron chi connectivity index (χ1n) is 8.35. The molecule has 1 amide bonds. The Bertz CT molecular complexity index is 777. The number of hydrogen-bond acceptors (Lipinski definition) is 2. The summed E-state index contributed by atoms with van der Waals surface area (Å²) in [6.07, 6.45) is 1.00. The highest BCUT2D eigenvalue weighted by molar-refractivity contribution is 6.07. The third-order valence-electron chi connectivity index (χ3n) is 6.02. The van der Waals surface area contributed by atoms with Crippen molar-refractivity contribution >= 4 is 16.7 Å². The van der Waals surface area contributed by atoms with E-state index in [4.69, 9.17) is 0 Å². The highest BCUT2D eigenvalue weighted by Crippen LogP contribution is 2.62. The number of amides is 1. The van der Waals surface area contributed by atoms with Crippen molar-refractivity contribution in [2.45, 2.75) is 20.3 Å². The van der Waals surface area contributed by atoms with Crippen LogP contribution in [0.1, 0.15) is 30.6 Å². The van der Waals surface area contributed by atoms with Gasteiger partial charge >= 0.3 is 0 Å². The van der Waals surface area contributed by atoms with Crippen LogP contribution >= 0.6 is 0 Å². The van der Waals surface area contributed by atoms with Gasteiger partial charge < -0.3 is 10.0 Å². The second-order valence-corrected chi connectivity index (χ2v) is 7.95. The average Bonchev–Trinajstić information content (AvgIpc) is 2.89. The molecule has 2 aromatic rings. The van der Waals surface area contributed by atoms with E-state index in [0.29, 0.717) is 12.5 Å². The summed E-state index contributed by atoms with van der Waals surface area (Å²) in [5, 5.41) is 12.0. The van der Waals surface area contributed by atoms with Crippen molar-refractivity contribution in [1.82, 2.24) is 4.90 Å². The van der Waals surface area contributed by atoms with E-state index < -0.39 is 0 Å². The van der Waals surface area contributed by atoms with Crippen LogP contribution in [-0.2, 0) is 0 Å². The molecule has 2 atom stereocenters. The van der Waals surface area contributed by atoms with E-state index in [-0.39, 0.29) is 23.3 Å². The molecule has 4 rings (SSSR count). The first kappa shape index (κ1) is 14.7. The summed E-state index contributed by atoms with van der Waals surface area (Å²) in [5.41, 5.74) is 0.913. The van der Waals surface area contributed by atoms with Gasteiger partial charge in [-0.1, -0.05) is 50.2 Å². The zero-order valence-corrected chi connectivity index (χ0v) is 13.7. The summed E-state index contributed by atoms with van der Waals surface area (Å²) in [6, 6.07) is 13.9. The SMILES string of the molecule is CC1(C)C[C@]2(CO)CN(C(=O)c3cccc4ccccc34)C[C@H]12. The zero-order valence-electron chi connectivity index (χ0n) is 13.7. The lowest BCUT2D eigenvalue weighted by Gasteiger charge is -2.55. The van der Waals surface area contributed by atoms with Gasteiger partial charge in [0.05, 0.1) is 6.61 Å². The van der Waals surface area contributed by atoms with Gasteiger partial charge in [0.2, 0.25) is 0 Å². The molecule has 3 heteroatoms. The number of rotatable bonds is 2. The predicted molar refractivity (Wildman–Crippen MR) is 91.3 cm³/mol. The van der Waals surface area contributed by atoms with Crippen LogP contribution in [0.25, 0.3) is 10.8 Å². The topological polar surface area (TPSA) is 40.5 Å². The number of fused-ring (bicyclic) bond motifs is 2. The van der Waals surface area contributed by atoms with Crippen LogP contribution in [0.2, 0.25) is 0 Å². The maximum atomic E-state index is 13.1. The van der Waals surface area contributed by atoms with Gasteiger partial charge in [-0.3, -0.25) is 4.79 Å². The number of nitrogens with zero attached hydrogens (tertiary/aromatic N) is 1. The van der Waals surface area contributed by atoms with Gasteiger partial charge in [-0.15, -0.1) is 0 Å². The number of carbonyl (C=O) groups is 1. The van der Waals surface area contributed by atoms with Gasteiger partial charge in [-0.2, -0.15) is 0 Å². The third-order valence-corrected chi connectivity index (χ3v) is 6.02. The van der Waals surface area contributed by atoms with E-state index in [9.17, 15) is 9.90 Å². The molecule has 120 valence electrons. The summed E-state index contributed by atoms with van der Waals surface area (Å²) in [5.74, 6) is 0.499. The van der Waals surface area contributed by atoms with Crippen molar-refractivity contribution in [3.05, 3.63) is 48.0 Å². The van der Waals surface area contributed by atoms with Crippen LogP contribution in [0.15, 0.2) is 42.5 Å². The Hall–Kier alpha value is -1.87. The van der Waals surface area contributed by atoms with E-state index in [0.717, 1.165) is 29.3 Å². The van der Waals surface area contributed by atoms with E-state index >= 15 is 0 Å². The van der Waals surface area contributed by atoms with E-state index in [1.165, 1.54) is 0 Å². The summed E-state index contributed by atoms with van der Waals surface area (Å²) >= 11 is 0. The molecule has 0 bridgehead atoms. The fraction of sp³-hybridized carbons (Fsp3) is 0.450. The second kappa shape index (κ2) is 4.81. The number of benzene rings is 2. The standard InChI is InChI=1S/C20H23NO2/c1-19(2)11-20(13-22)12-21(10-17(19)20)18(23)16-9-5-7-14-6-3-4-8-15(14)16/h3-9,17,22H,10-13H2,1-2H3/t17-,20-/m1/s1. The highest BCUT2D eigenvalue weighted by atomic mass is 16.3. The molecular weight excluding hydrogens is 286 g/mol. The zero-order chi connectivity index (χ0) is 16.2. The van der Waals surface area contributed by atoms with E-state index in [1.807, 2.05) is 47.4 Å². The Balaban J connectivity index is 1.68. The van der Waals surface area contributed by atoms with Crippen molar-refractivity contribution in [3.63, 3.8) is 0 Å². The van der Waals surface area contributed by atoms with Crippen molar-refractivity contribution in [1.29, 1.82) is 0 Å². The molecule has 23 heavy (non-hydrogen) atoms.